The number of aryl methyl sites for hydroxylation is 1. The highest BCUT2D eigenvalue weighted by Gasteiger charge is 2.39. The number of benzene rings is 2. The molecule has 2 fully saturated rings. The number of carbonyl (C=O) groups is 1. The average Bonchev–Trinajstić information content (AvgIpc) is 3.64. The number of carbonyl (C=O) groups excluding carboxylic acids is 1. The minimum absolute atomic E-state index is 0.0118. The zero-order valence-corrected chi connectivity index (χ0v) is 20.7. The molecule has 1 amide bonds. The van der Waals surface area contributed by atoms with E-state index in [4.69, 9.17) is 4.74 Å². The third-order valence-corrected chi connectivity index (χ3v) is 7.39. The Morgan fingerprint density at radius 1 is 1.14 bits per heavy atom. The standard InChI is InChI=1S/C27H28F4N4O2/c1-3-16-14-20(17-4-5-17)22(23-32-25(37-2)34-33-23)15-21(16)24(36)35-12-10-26(28,11-13-35)18-6-8-19(9-7-18)27(29,30)31/h6-9,14-15,17H,3-5,10-13H2,1-2H3,(H,32,33,34). The summed E-state index contributed by atoms with van der Waals surface area (Å²) in [5.41, 5.74) is 0.995. The van der Waals surface area contributed by atoms with Crippen molar-refractivity contribution in [2.45, 2.75) is 56.8 Å². The molecular formula is C27H28F4N4O2. The lowest BCUT2D eigenvalue weighted by atomic mass is 9.85. The molecule has 0 radical (unpaired) electrons. The smallest absolute Gasteiger partial charge is 0.416 e. The van der Waals surface area contributed by atoms with Gasteiger partial charge >= 0.3 is 12.2 Å². The Hall–Kier alpha value is -3.43. The molecule has 3 aromatic rings. The zero-order valence-electron chi connectivity index (χ0n) is 20.7. The van der Waals surface area contributed by atoms with Crippen molar-refractivity contribution in [2.24, 2.45) is 0 Å². The highest BCUT2D eigenvalue weighted by molar-refractivity contribution is 5.97. The molecule has 10 heteroatoms. The summed E-state index contributed by atoms with van der Waals surface area (Å²) in [5.74, 6) is 0.743. The second-order valence-corrected chi connectivity index (χ2v) is 9.74. The first-order chi connectivity index (χ1) is 17.6. The summed E-state index contributed by atoms with van der Waals surface area (Å²) in [6, 6.07) is 8.41. The maximum Gasteiger partial charge on any atom is 0.416 e. The number of H-pyrrole nitrogens is 1. The van der Waals surface area contributed by atoms with Gasteiger partial charge in [-0.2, -0.15) is 13.2 Å². The number of ether oxygens (including phenoxy) is 1. The second-order valence-electron chi connectivity index (χ2n) is 9.74. The lowest BCUT2D eigenvalue weighted by molar-refractivity contribution is -0.137. The van der Waals surface area contributed by atoms with Crippen LogP contribution in [0.4, 0.5) is 17.6 Å². The third-order valence-electron chi connectivity index (χ3n) is 7.39. The molecule has 1 aliphatic carbocycles. The van der Waals surface area contributed by atoms with E-state index in [1.165, 1.54) is 19.2 Å². The van der Waals surface area contributed by atoms with Crippen LogP contribution in [0.2, 0.25) is 0 Å². The Morgan fingerprint density at radius 3 is 2.35 bits per heavy atom. The number of aromatic amines is 1. The molecule has 2 heterocycles. The predicted octanol–water partition coefficient (Wildman–Crippen LogP) is 6.04. The minimum atomic E-state index is -4.47. The maximum absolute atomic E-state index is 15.7. The molecule has 1 aliphatic heterocycles. The molecule has 1 N–H and O–H groups in total. The highest BCUT2D eigenvalue weighted by Crippen LogP contribution is 2.45. The number of alkyl halides is 4. The van der Waals surface area contributed by atoms with Crippen molar-refractivity contribution in [3.05, 3.63) is 64.2 Å². The van der Waals surface area contributed by atoms with Crippen LogP contribution in [0.5, 0.6) is 6.01 Å². The van der Waals surface area contributed by atoms with Crippen LogP contribution in [0, 0.1) is 0 Å². The van der Waals surface area contributed by atoms with E-state index in [0.29, 0.717) is 23.7 Å². The van der Waals surface area contributed by atoms with Crippen molar-refractivity contribution in [2.75, 3.05) is 20.2 Å². The number of hydrogen-bond donors (Lipinski definition) is 1. The molecule has 1 saturated carbocycles. The van der Waals surface area contributed by atoms with Gasteiger partial charge in [0.05, 0.1) is 12.7 Å². The van der Waals surface area contributed by atoms with Crippen LogP contribution < -0.4 is 4.74 Å². The Bertz CT molecular complexity index is 1290. The van der Waals surface area contributed by atoms with Crippen LogP contribution in [-0.4, -0.2) is 46.2 Å². The Kier molecular flexibility index (Phi) is 6.45. The molecule has 2 aliphatic rings. The van der Waals surface area contributed by atoms with Gasteiger partial charge in [0.15, 0.2) is 5.82 Å². The van der Waals surface area contributed by atoms with Gasteiger partial charge in [0, 0.05) is 37.1 Å². The van der Waals surface area contributed by atoms with Crippen LogP contribution in [-0.2, 0) is 18.3 Å². The minimum Gasteiger partial charge on any atom is -0.467 e. The predicted molar refractivity (Wildman–Crippen MR) is 129 cm³/mol. The lowest BCUT2D eigenvalue weighted by Gasteiger charge is -2.37. The summed E-state index contributed by atoms with van der Waals surface area (Å²) in [7, 11) is 1.49. The number of hydrogen-bond acceptors (Lipinski definition) is 4. The molecule has 0 bridgehead atoms. The van der Waals surface area contributed by atoms with E-state index in [2.05, 4.69) is 21.2 Å². The van der Waals surface area contributed by atoms with Gasteiger partial charge in [-0.1, -0.05) is 30.2 Å². The number of amides is 1. The number of halogens is 4. The summed E-state index contributed by atoms with van der Waals surface area (Å²) in [4.78, 5) is 18.3. The van der Waals surface area contributed by atoms with E-state index >= 15 is 4.39 Å². The number of rotatable bonds is 6. The number of nitrogens with zero attached hydrogens (tertiary/aromatic N) is 3. The van der Waals surface area contributed by atoms with E-state index in [1.54, 1.807) is 4.90 Å². The van der Waals surface area contributed by atoms with Crippen LogP contribution in [0.1, 0.15) is 71.1 Å². The SMILES string of the molecule is CCc1cc(C2CC2)c(-c2nnc(OC)[nH]2)cc1C(=O)N1CCC(F)(c2ccc(C(F)(F)F)cc2)CC1. The van der Waals surface area contributed by atoms with Crippen molar-refractivity contribution in [1.82, 2.24) is 20.1 Å². The molecule has 0 unspecified atom stereocenters. The van der Waals surface area contributed by atoms with E-state index in [1.807, 2.05) is 13.0 Å². The monoisotopic (exact) mass is 516 g/mol. The fourth-order valence-electron chi connectivity index (χ4n) is 5.03. The first kappa shape index (κ1) is 25.2. The van der Waals surface area contributed by atoms with Gasteiger partial charge < -0.3 is 9.64 Å². The van der Waals surface area contributed by atoms with Crippen molar-refractivity contribution in [3.63, 3.8) is 0 Å². The molecule has 2 aromatic carbocycles. The van der Waals surface area contributed by atoms with Crippen molar-refractivity contribution in [1.29, 1.82) is 0 Å². The molecule has 37 heavy (non-hydrogen) atoms. The summed E-state index contributed by atoms with van der Waals surface area (Å²) in [6.45, 7) is 2.32. The van der Waals surface area contributed by atoms with Gasteiger partial charge in [-0.25, -0.2) is 4.39 Å². The molecule has 6 nitrogen and oxygen atoms in total. The largest absolute Gasteiger partial charge is 0.467 e. The number of aromatic nitrogens is 3. The molecule has 0 atom stereocenters. The molecule has 5 rings (SSSR count). The van der Waals surface area contributed by atoms with E-state index in [0.717, 1.165) is 41.7 Å². The van der Waals surface area contributed by atoms with Crippen molar-refractivity contribution < 1.29 is 27.1 Å². The topological polar surface area (TPSA) is 71.1 Å². The van der Waals surface area contributed by atoms with Crippen LogP contribution in [0.15, 0.2) is 36.4 Å². The third kappa shape index (κ3) is 4.93. The van der Waals surface area contributed by atoms with E-state index < -0.39 is 17.4 Å². The molecule has 1 aromatic heterocycles. The summed E-state index contributed by atoms with van der Waals surface area (Å²) >= 11 is 0. The first-order valence-corrected chi connectivity index (χ1v) is 12.4. The fraction of sp³-hybridized carbons (Fsp3) is 0.444. The summed E-state index contributed by atoms with van der Waals surface area (Å²) in [6.07, 6.45) is -1.64. The Morgan fingerprint density at radius 2 is 1.81 bits per heavy atom. The number of nitrogens with one attached hydrogen (secondary N) is 1. The highest BCUT2D eigenvalue weighted by atomic mass is 19.4. The van der Waals surface area contributed by atoms with Gasteiger partial charge in [0.2, 0.25) is 0 Å². The van der Waals surface area contributed by atoms with Crippen LogP contribution >= 0.6 is 0 Å². The van der Waals surface area contributed by atoms with Crippen LogP contribution in [0.3, 0.4) is 0 Å². The Balaban J connectivity index is 1.38. The van der Waals surface area contributed by atoms with E-state index in [9.17, 15) is 18.0 Å². The number of piperidine rings is 1. The van der Waals surface area contributed by atoms with Crippen molar-refractivity contribution in [3.8, 4) is 17.4 Å². The normalized spacial score (nSPS) is 17.6. The van der Waals surface area contributed by atoms with Gasteiger partial charge in [-0.05, 0) is 60.1 Å². The van der Waals surface area contributed by atoms with Crippen molar-refractivity contribution >= 4 is 5.91 Å². The van der Waals surface area contributed by atoms with Gasteiger partial charge in [-0.3, -0.25) is 9.78 Å². The van der Waals surface area contributed by atoms with Gasteiger partial charge in [0.25, 0.3) is 5.91 Å². The molecule has 0 spiro atoms. The molecule has 1 saturated heterocycles. The molecular weight excluding hydrogens is 488 g/mol. The average molecular weight is 517 g/mol. The summed E-state index contributed by atoms with van der Waals surface area (Å²) < 4.78 is 59.6. The van der Waals surface area contributed by atoms with Crippen LogP contribution in [0.25, 0.3) is 11.4 Å². The van der Waals surface area contributed by atoms with Gasteiger partial charge in [0.1, 0.15) is 5.67 Å². The Labute approximate surface area is 212 Å². The number of likely N-dealkylation sites (tertiary alicyclic amines) is 1. The fourth-order valence-corrected chi connectivity index (χ4v) is 5.03. The zero-order chi connectivity index (χ0) is 26.4. The maximum atomic E-state index is 15.7. The van der Waals surface area contributed by atoms with Gasteiger partial charge in [-0.15, -0.1) is 5.10 Å². The molecule has 196 valence electrons. The second kappa shape index (κ2) is 9.46. The number of methoxy groups -OCH3 is 1. The van der Waals surface area contributed by atoms with E-state index in [-0.39, 0.29) is 43.4 Å². The first-order valence-electron chi connectivity index (χ1n) is 12.4. The lowest BCUT2D eigenvalue weighted by Crippen LogP contribution is -2.43. The summed E-state index contributed by atoms with van der Waals surface area (Å²) in [5, 5.41) is 8.17. The quantitative estimate of drug-likeness (QED) is 0.406.